The van der Waals surface area contributed by atoms with Gasteiger partial charge in [0.05, 0.1) is 13.2 Å². The molecule has 0 aromatic rings. The van der Waals surface area contributed by atoms with Crippen LogP contribution in [-0.4, -0.2) is 89.0 Å². The Kier molecular flexibility index (Phi) is 32.2. The summed E-state index contributed by atoms with van der Waals surface area (Å²) < 4.78 is 22.1. The van der Waals surface area contributed by atoms with E-state index < -0.39 is 49.4 Å². The van der Waals surface area contributed by atoms with E-state index in [0.717, 1.165) is 57.8 Å². The molecule has 53 heavy (non-hydrogen) atoms. The van der Waals surface area contributed by atoms with Gasteiger partial charge >= 0.3 is 11.9 Å². The minimum Gasteiger partial charge on any atom is -0.462 e. The molecule has 1 aliphatic rings. The number of esters is 2. The standard InChI is InChI=1S/C43H78O10/c1-3-5-7-9-11-13-15-17-18-20-21-23-25-27-29-31-38(45)50-34-36(35-51-43-42(49)41(48)40(47)37(33-44)53-43)52-39(46)32-30-28-26-24-22-19-16-14-12-10-8-6-4-2/h11,13,17-18,36-37,40-44,47-49H,3-10,12,14-16,19-35H2,1-2H3/b13-11-,18-17-/t36-,37-,40+,41+,42-,43+/m1/s1. The van der Waals surface area contributed by atoms with Gasteiger partial charge in [-0.1, -0.05) is 147 Å². The van der Waals surface area contributed by atoms with E-state index in [1.165, 1.54) is 83.5 Å². The van der Waals surface area contributed by atoms with Crippen LogP contribution >= 0.6 is 0 Å². The lowest BCUT2D eigenvalue weighted by Crippen LogP contribution is -2.59. The predicted molar refractivity (Wildman–Crippen MR) is 210 cm³/mol. The molecule has 0 spiro atoms. The highest BCUT2D eigenvalue weighted by molar-refractivity contribution is 5.70. The topological polar surface area (TPSA) is 152 Å². The minimum absolute atomic E-state index is 0.221. The largest absolute Gasteiger partial charge is 0.462 e. The Morgan fingerprint density at radius 3 is 1.60 bits per heavy atom. The fourth-order valence-corrected chi connectivity index (χ4v) is 6.39. The molecule has 1 saturated heterocycles. The summed E-state index contributed by atoms with van der Waals surface area (Å²) in [7, 11) is 0. The van der Waals surface area contributed by atoms with E-state index in [1.807, 2.05) is 0 Å². The summed E-state index contributed by atoms with van der Waals surface area (Å²) in [5.41, 5.74) is 0. The normalized spacial score (nSPS) is 21.1. The number of carbonyl (C=O) groups excluding carboxylic acids is 2. The molecule has 1 aliphatic heterocycles. The number of aliphatic hydroxyl groups is 4. The Labute approximate surface area is 322 Å². The van der Waals surface area contributed by atoms with Gasteiger partial charge < -0.3 is 39.4 Å². The summed E-state index contributed by atoms with van der Waals surface area (Å²) in [6, 6.07) is 0. The van der Waals surface area contributed by atoms with Crippen LogP contribution in [-0.2, 0) is 28.5 Å². The lowest BCUT2D eigenvalue weighted by atomic mass is 9.99. The zero-order valence-electron chi connectivity index (χ0n) is 33.5. The molecule has 1 heterocycles. The summed E-state index contributed by atoms with van der Waals surface area (Å²) in [6.45, 7) is 3.38. The maximum Gasteiger partial charge on any atom is 0.306 e. The van der Waals surface area contributed by atoms with Crippen molar-refractivity contribution in [3.63, 3.8) is 0 Å². The van der Waals surface area contributed by atoms with Crippen molar-refractivity contribution >= 4 is 11.9 Å². The summed E-state index contributed by atoms with van der Waals surface area (Å²) in [5, 5.41) is 40.0. The number of carbonyl (C=O) groups is 2. The van der Waals surface area contributed by atoms with Crippen LogP contribution in [0.3, 0.4) is 0 Å². The molecule has 10 heteroatoms. The average Bonchev–Trinajstić information content (AvgIpc) is 3.15. The molecule has 310 valence electrons. The van der Waals surface area contributed by atoms with Gasteiger partial charge in [0.25, 0.3) is 0 Å². The molecule has 1 fully saturated rings. The van der Waals surface area contributed by atoms with Gasteiger partial charge in [0.15, 0.2) is 12.4 Å². The van der Waals surface area contributed by atoms with Crippen molar-refractivity contribution in [1.29, 1.82) is 0 Å². The number of allylic oxidation sites excluding steroid dienone is 4. The summed E-state index contributed by atoms with van der Waals surface area (Å²) in [6.07, 6.45) is 28.9. The maximum absolute atomic E-state index is 12.7. The SMILES string of the molecule is CCCCC/C=C\C/C=C\CCCCCCCC(=O)OC[C@H](CO[C@H]1O[C@H](CO)[C@H](O)[C@H](O)[C@H]1O)OC(=O)CCCCCCCCCCCCCCC. The van der Waals surface area contributed by atoms with Crippen molar-refractivity contribution in [3.05, 3.63) is 24.3 Å². The van der Waals surface area contributed by atoms with Gasteiger partial charge in [-0.25, -0.2) is 0 Å². The van der Waals surface area contributed by atoms with Crippen LogP contribution in [0.25, 0.3) is 0 Å². The fourth-order valence-electron chi connectivity index (χ4n) is 6.39. The first-order chi connectivity index (χ1) is 25.8. The molecule has 0 aliphatic carbocycles. The smallest absolute Gasteiger partial charge is 0.306 e. The molecule has 0 bridgehead atoms. The Hall–Kier alpha value is -1.82. The summed E-state index contributed by atoms with van der Waals surface area (Å²) in [5.74, 6) is -0.818. The lowest BCUT2D eigenvalue weighted by molar-refractivity contribution is -0.305. The quantitative estimate of drug-likeness (QED) is 0.0281. The first kappa shape index (κ1) is 49.2. The van der Waals surface area contributed by atoms with Gasteiger partial charge in [-0.05, 0) is 44.9 Å². The van der Waals surface area contributed by atoms with Gasteiger partial charge in [-0.15, -0.1) is 0 Å². The highest BCUT2D eigenvalue weighted by Crippen LogP contribution is 2.22. The number of ether oxygens (including phenoxy) is 4. The molecule has 0 aromatic heterocycles. The van der Waals surface area contributed by atoms with E-state index in [-0.39, 0.29) is 32.0 Å². The second-order valence-corrected chi connectivity index (χ2v) is 14.8. The van der Waals surface area contributed by atoms with Crippen molar-refractivity contribution in [1.82, 2.24) is 0 Å². The Morgan fingerprint density at radius 2 is 1.06 bits per heavy atom. The van der Waals surface area contributed by atoms with Crippen LogP contribution in [0.15, 0.2) is 24.3 Å². The Balaban J connectivity index is 2.36. The molecule has 0 saturated carbocycles. The number of rotatable bonds is 35. The van der Waals surface area contributed by atoms with E-state index in [0.29, 0.717) is 12.8 Å². The van der Waals surface area contributed by atoms with Crippen LogP contribution in [0.2, 0.25) is 0 Å². The fraction of sp³-hybridized carbons (Fsp3) is 0.860. The molecule has 4 N–H and O–H groups in total. The first-order valence-electron chi connectivity index (χ1n) is 21.4. The predicted octanol–water partition coefficient (Wildman–Crippen LogP) is 8.55. The zero-order chi connectivity index (χ0) is 38.8. The molecular formula is C43H78O10. The molecule has 6 atom stereocenters. The molecule has 1 rings (SSSR count). The van der Waals surface area contributed by atoms with E-state index in [1.54, 1.807) is 0 Å². The number of hydrogen-bond acceptors (Lipinski definition) is 10. The van der Waals surface area contributed by atoms with Crippen LogP contribution < -0.4 is 0 Å². The third-order valence-electron chi connectivity index (χ3n) is 9.84. The Bertz CT molecular complexity index is 923. The highest BCUT2D eigenvalue weighted by atomic mass is 16.7. The average molecular weight is 755 g/mol. The third-order valence-corrected chi connectivity index (χ3v) is 9.84. The maximum atomic E-state index is 12.7. The van der Waals surface area contributed by atoms with Crippen molar-refractivity contribution in [2.24, 2.45) is 0 Å². The first-order valence-corrected chi connectivity index (χ1v) is 21.4. The number of aliphatic hydroxyl groups excluding tert-OH is 4. The molecule has 0 aromatic carbocycles. The second kappa shape index (κ2) is 34.7. The minimum atomic E-state index is -1.59. The van der Waals surface area contributed by atoms with Crippen LogP contribution in [0.4, 0.5) is 0 Å². The van der Waals surface area contributed by atoms with Crippen molar-refractivity contribution in [2.75, 3.05) is 19.8 Å². The zero-order valence-corrected chi connectivity index (χ0v) is 33.5. The number of hydrogen-bond donors (Lipinski definition) is 4. The molecule has 0 amide bonds. The van der Waals surface area contributed by atoms with Crippen LogP contribution in [0.5, 0.6) is 0 Å². The monoisotopic (exact) mass is 755 g/mol. The van der Waals surface area contributed by atoms with E-state index >= 15 is 0 Å². The van der Waals surface area contributed by atoms with Gasteiger partial charge in [0.2, 0.25) is 0 Å². The van der Waals surface area contributed by atoms with E-state index in [2.05, 4.69) is 38.2 Å². The van der Waals surface area contributed by atoms with Crippen LogP contribution in [0.1, 0.15) is 181 Å². The summed E-state index contributed by atoms with van der Waals surface area (Å²) in [4.78, 5) is 25.2. The van der Waals surface area contributed by atoms with Crippen molar-refractivity contribution in [2.45, 2.75) is 218 Å². The van der Waals surface area contributed by atoms with Gasteiger partial charge in [0.1, 0.15) is 31.0 Å². The summed E-state index contributed by atoms with van der Waals surface area (Å²) >= 11 is 0. The van der Waals surface area contributed by atoms with Crippen LogP contribution in [0, 0.1) is 0 Å². The van der Waals surface area contributed by atoms with Gasteiger partial charge in [-0.2, -0.15) is 0 Å². The molecule has 0 radical (unpaired) electrons. The van der Waals surface area contributed by atoms with E-state index in [9.17, 15) is 30.0 Å². The molecule has 10 nitrogen and oxygen atoms in total. The van der Waals surface area contributed by atoms with Gasteiger partial charge in [-0.3, -0.25) is 9.59 Å². The van der Waals surface area contributed by atoms with Crippen molar-refractivity contribution in [3.8, 4) is 0 Å². The van der Waals surface area contributed by atoms with Gasteiger partial charge in [0, 0.05) is 12.8 Å². The third kappa shape index (κ3) is 26.6. The second-order valence-electron chi connectivity index (χ2n) is 14.8. The highest BCUT2D eigenvalue weighted by Gasteiger charge is 2.44. The molecular weight excluding hydrogens is 676 g/mol. The molecule has 0 unspecified atom stereocenters. The van der Waals surface area contributed by atoms with Crippen molar-refractivity contribution < 1.29 is 49.0 Å². The lowest BCUT2D eigenvalue weighted by Gasteiger charge is -2.39. The van der Waals surface area contributed by atoms with E-state index in [4.69, 9.17) is 18.9 Å². The number of unbranched alkanes of at least 4 members (excludes halogenated alkanes) is 20. The Morgan fingerprint density at radius 1 is 0.585 bits per heavy atom.